The van der Waals surface area contributed by atoms with Crippen molar-refractivity contribution in [3.63, 3.8) is 0 Å². The molecular formula is C17H12N2O3. The van der Waals surface area contributed by atoms with Gasteiger partial charge in [-0.2, -0.15) is 10.5 Å². The van der Waals surface area contributed by atoms with E-state index in [1.165, 1.54) is 12.1 Å². The molecule has 0 N–H and O–H groups in total. The largest absolute Gasteiger partial charge is 0.462 e. The molecule has 1 aromatic heterocycles. The molecule has 0 spiro atoms. The van der Waals surface area contributed by atoms with Crippen LogP contribution in [-0.2, 0) is 9.53 Å². The highest BCUT2D eigenvalue weighted by atomic mass is 16.5. The van der Waals surface area contributed by atoms with E-state index in [2.05, 4.69) is 0 Å². The molecule has 0 saturated carbocycles. The van der Waals surface area contributed by atoms with E-state index >= 15 is 0 Å². The second-order valence-electron chi connectivity index (χ2n) is 4.28. The zero-order valence-corrected chi connectivity index (χ0v) is 11.9. The summed E-state index contributed by atoms with van der Waals surface area (Å²) in [6.45, 7) is 1.96. The molecule has 1 aromatic carbocycles. The summed E-state index contributed by atoms with van der Waals surface area (Å²) >= 11 is 0. The number of carbonyl (C=O) groups is 1. The molecule has 0 saturated heterocycles. The molecule has 0 aliphatic carbocycles. The van der Waals surface area contributed by atoms with Gasteiger partial charge in [0.1, 0.15) is 11.8 Å². The van der Waals surface area contributed by atoms with Gasteiger partial charge in [-0.25, -0.2) is 4.79 Å². The number of furan rings is 1. The van der Waals surface area contributed by atoms with E-state index < -0.39 is 5.97 Å². The molecule has 22 heavy (non-hydrogen) atoms. The molecule has 5 nitrogen and oxygen atoms in total. The molecule has 5 heteroatoms. The third kappa shape index (κ3) is 3.41. The Balaban J connectivity index is 2.44. The Labute approximate surface area is 127 Å². The Morgan fingerprint density at radius 1 is 1.18 bits per heavy atom. The first-order chi connectivity index (χ1) is 10.7. The number of hydrogen-bond donors (Lipinski definition) is 0. The van der Waals surface area contributed by atoms with Crippen molar-refractivity contribution in [2.75, 3.05) is 6.61 Å². The zero-order chi connectivity index (χ0) is 15.9. The lowest BCUT2D eigenvalue weighted by Crippen LogP contribution is -2.06. The van der Waals surface area contributed by atoms with E-state index in [0.717, 1.165) is 0 Å². The van der Waals surface area contributed by atoms with E-state index in [1.807, 2.05) is 12.1 Å². The van der Waals surface area contributed by atoms with Crippen LogP contribution in [0, 0.1) is 22.7 Å². The average Bonchev–Trinajstić information content (AvgIpc) is 3.01. The van der Waals surface area contributed by atoms with Crippen molar-refractivity contribution in [2.24, 2.45) is 0 Å². The molecule has 0 fully saturated rings. The fraction of sp³-hybridized carbons (Fsp3) is 0.118. The Morgan fingerprint density at radius 2 is 1.91 bits per heavy atom. The summed E-state index contributed by atoms with van der Waals surface area (Å²) in [7, 11) is 0. The first kappa shape index (κ1) is 15.1. The lowest BCUT2D eigenvalue weighted by Gasteiger charge is -2.07. The van der Waals surface area contributed by atoms with Gasteiger partial charge in [0.25, 0.3) is 0 Å². The van der Waals surface area contributed by atoms with Crippen LogP contribution >= 0.6 is 0 Å². The highest BCUT2D eigenvalue weighted by Gasteiger charge is 2.14. The molecular weight excluding hydrogens is 280 g/mol. The van der Waals surface area contributed by atoms with Gasteiger partial charge < -0.3 is 9.15 Å². The summed E-state index contributed by atoms with van der Waals surface area (Å²) < 4.78 is 10.3. The molecule has 0 amide bonds. The number of carbonyl (C=O) groups excluding carboxylic acids is 1. The summed E-state index contributed by atoms with van der Waals surface area (Å²) in [6.07, 6.45) is 1.51. The van der Waals surface area contributed by atoms with Crippen molar-refractivity contribution in [2.45, 2.75) is 6.92 Å². The van der Waals surface area contributed by atoms with Crippen molar-refractivity contribution in [1.29, 1.82) is 10.5 Å². The van der Waals surface area contributed by atoms with Crippen LogP contribution in [0.15, 0.2) is 40.8 Å². The van der Waals surface area contributed by atoms with E-state index in [-0.39, 0.29) is 12.4 Å². The van der Waals surface area contributed by atoms with Gasteiger partial charge in [0.15, 0.2) is 0 Å². The van der Waals surface area contributed by atoms with Crippen LogP contribution in [-0.4, -0.2) is 12.6 Å². The quantitative estimate of drug-likeness (QED) is 0.638. The highest BCUT2D eigenvalue weighted by molar-refractivity contribution is 6.21. The molecule has 2 aromatic rings. The number of benzene rings is 1. The minimum atomic E-state index is -0.498. The number of hydrogen-bond acceptors (Lipinski definition) is 5. The second-order valence-corrected chi connectivity index (χ2v) is 4.28. The van der Waals surface area contributed by atoms with E-state index in [9.17, 15) is 4.79 Å². The van der Waals surface area contributed by atoms with E-state index in [1.54, 1.807) is 37.3 Å². The first-order valence-corrected chi connectivity index (χ1v) is 6.57. The number of nitriles is 2. The Hall–Kier alpha value is -3.31. The lowest BCUT2D eigenvalue weighted by atomic mass is 10.0. The maximum atomic E-state index is 12.1. The van der Waals surface area contributed by atoms with Gasteiger partial charge in [0.05, 0.1) is 23.8 Å². The standard InChI is InChI=1S/C17H12N2O3/c1-2-21-17(20)16(9-14-7-8-15(11-19)22-14)13-5-3-12(10-18)4-6-13/h3-9H,2H2,1H3/b16-9+. The van der Waals surface area contributed by atoms with Crippen molar-refractivity contribution < 1.29 is 13.9 Å². The summed E-state index contributed by atoms with van der Waals surface area (Å²) in [4.78, 5) is 12.1. The monoisotopic (exact) mass is 292 g/mol. The summed E-state index contributed by atoms with van der Waals surface area (Å²) in [5, 5.41) is 17.6. The van der Waals surface area contributed by atoms with Gasteiger partial charge in [-0.05, 0) is 42.8 Å². The topological polar surface area (TPSA) is 87.0 Å². The SMILES string of the molecule is CCOC(=O)/C(=C/c1ccc(C#N)o1)c1ccc(C#N)cc1. The smallest absolute Gasteiger partial charge is 0.338 e. The minimum Gasteiger partial charge on any atom is -0.462 e. The molecule has 0 atom stereocenters. The second kappa shape index (κ2) is 6.92. The normalized spacial score (nSPS) is 10.6. The molecule has 0 aliphatic rings. The van der Waals surface area contributed by atoms with E-state index in [0.29, 0.717) is 22.5 Å². The van der Waals surface area contributed by atoms with Gasteiger partial charge in [-0.15, -0.1) is 0 Å². The van der Waals surface area contributed by atoms with Gasteiger partial charge >= 0.3 is 5.97 Å². The first-order valence-electron chi connectivity index (χ1n) is 6.57. The van der Waals surface area contributed by atoms with Crippen LogP contribution < -0.4 is 0 Å². The lowest BCUT2D eigenvalue weighted by molar-refractivity contribution is -0.136. The third-order valence-electron chi connectivity index (χ3n) is 2.84. The van der Waals surface area contributed by atoms with Gasteiger partial charge in [-0.1, -0.05) is 12.1 Å². The van der Waals surface area contributed by atoms with Crippen molar-refractivity contribution >= 4 is 17.6 Å². The van der Waals surface area contributed by atoms with Crippen LogP contribution in [0.1, 0.15) is 29.6 Å². The van der Waals surface area contributed by atoms with Crippen LogP contribution in [0.3, 0.4) is 0 Å². The zero-order valence-electron chi connectivity index (χ0n) is 11.9. The molecule has 2 rings (SSSR count). The fourth-order valence-corrected chi connectivity index (χ4v) is 1.83. The fourth-order valence-electron chi connectivity index (χ4n) is 1.83. The number of esters is 1. The number of rotatable bonds is 4. The molecule has 0 unspecified atom stereocenters. The molecule has 108 valence electrons. The predicted octanol–water partition coefficient (Wildman–Crippen LogP) is 3.13. The van der Waals surface area contributed by atoms with Gasteiger partial charge in [0, 0.05) is 0 Å². The molecule has 0 radical (unpaired) electrons. The Kier molecular flexibility index (Phi) is 4.74. The number of nitrogens with zero attached hydrogens (tertiary/aromatic N) is 2. The maximum absolute atomic E-state index is 12.1. The van der Waals surface area contributed by atoms with Gasteiger partial charge in [-0.3, -0.25) is 0 Å². The summed E-state index contributed by atoms with van der Waals surface area (Å²) in [5.41, 5.74) is 1.40. The van der Waals surface area contributed by atoms with Gasteiger partial charge in [0.2, 0.25) is 5.76 Å². The third-order valence-corrected chi connectivity index (χ3v) is 2.84. The highest BCUT2D eigenvalue weighted by Crippen LogP contribution is 2.21. The molecule has 0 bridgehead atoms. The minimum absolute atomic E-state index is 0.161. The van der Waals surface area contributed by atoms with Crippen molar-refractivity contribution in [1.82, 2.24) is 0 Å². The maximum Gasteiger partial charge on any atom is 0.338 e. The summed E-state index contributed by atoms with van der Waals surface area (Å²) in [5.74, 6) is 0.0420. The Bertz CT molecular complexity index is 787. The van der Waals surface area contributed by atoms with Crippen LogP contribution in [0.2, 0.25) is 0 Å². The Morgan fingerprint density at radius 3 is 2.45 bits per heavy atom. The molecule has 0 aliphatic heterocycles. The number of ether oxygens (including phenoxy) is 1. The van der Waals surface area contributed by atoms with Crippen LogP contribution in [0.5, 0.6) is 0 Å². The summed E-state index contributed by atoms with van der Waals surface area (Å²) in [6, 6.07) is 13.6. The van der Waals surface area contributed by atoms with Crippen LogP contribution in [0.4, 0.5) is 0 Å². The van der Waals surface area contributed by atoms with Crippen molar-refractivity contribution in [3.8, 4) is 12.1 Å². The molecule has 1 heterocycles. The van der Waals surface area contributed by atoms with E-state index in [4.69, 9.17) is 19.7 Å². The average molecular weight is 292 g/mol. The van der Waals surface area contributed by atoms with Crippen molar-refractivity contribution in [3.05, 3.63) is 59.0 Å². The van der Waals surface area contributed by atoms with Crippen LogP contribution in [0.25, 0.3) is 11.6 Å². The predicted molar refractivity (Wildman–Crippen MR) is 79.1 cm³/mol.